The van der Waals surface area contributed by atoms with E-state index in [9.17, 15) is 14.4 Å². The van der Waals surface area contributed by atoms with Crippen LogP contribution in [0.5, 0.6) is 0 Å². The smallest absolute Gasteiger partial charge is 0.244 e. The molecule has 2 aliphatic heterocycles. The summed E-state index contributed by atoms with van der Waals surface area (Å²) in [4.78, 5) is 36.6. The van der Waals surface area contributed by atoms with Gasteiger partial charge >= 0.3 is 0 Å². The van der Waals surface area contributed by atoms with Crippen LogP contribution in [0.2, 0.25) is 0 Å². The molecule has 8 heteroatoms. The molecule has 0 aliphatic carbocycles. The molecule has 2 atom stereocenters. The lowest BCUT2D eigenvalue weighted by atomic mass is 9.93. The van der Waals surface area contributed by atoms with E-state index >= 15 is 0 Å². The predicted octanol–water partition coefficient (Wildman–Crippen LogP) is 7.31. The molecule has 2 aliphatic rings. The average Bonchev–Trinajstić information content (AvgIpc) is 3.16. The van der Waals surface area contributed by atoms with E-state index in [1.54, 1.807) is 17.8 Å². The minimum absolute atomic E-state index is 0.0427. The van der Waals surface area contributed by atoms with Crippen molar-refractivity contribution in [1.82, 2.24) is 21.3 Å². The highest BCUT2D eigenvalue weighted by Gasteiger charge is 2.28. The summed E-state index contributed by atoms with van der Waals surface area (Å²) in [5.74, 6) is 0.358. The summed E-state index contributed by atoms with van der Waals surface area (Å²) in [6, 6.07) is -0.678. The number of thioether (sulfide) groups is 1. The first kappa shape index (κ1) is 43.8. The van der Waals surface area contributed by atoms with Crippen LogP contribution in [0.25, 0.3) is 0 Å². The lowest BCUT2D eigenvalue weighted by Crippen LogP contribution is -2.51. The molecule has 2 rings (SSSR count). The van der Waals surface area contributed by atoms with Gasteiger partial charge < -0.3 is 21.3 Å². The minimum Gasteiger partial charge on any atom is -0.344 e. The number of unbranched alkanes of at least 4 members (excludes halogenated alkanes) is 2. The lowest BCUT2D eigenvalue weighted by molar-refractivity contribution is -0.131. The number of amides is 3. The van der Waals surface area contributed by atoms with Gasteiger partial charge in [-0.25, -0.2) is 0 Å². The highest BCUT2D eigenvalue weighted by atomic mass is 32.2. The van der Waals surface area contributed by atoms with Crippen LogP contribution in [0.15, 0.2) is 97.6 Å². The second-order valence-electron chi connectivity index (χ2n) is 10.5. The Balaban J connectivity index is 0. The highest BCUT2D eigenvalue weighted by molar-refractivity contribution is 8.02. The van der Waals surface area contributed by atoms with Gasteiger partial charge in [0.25, 0.3) is 0 Å². The number of nitrogens with one attached hydrogen (secondary N) is 4. The Morgan fingerprint density at radius 3 is 2.29 bits per heavy atom. The third-order valence-electron chi connectivity index (χ3n) is 6.99. The van der Waals surface area contributed by atoms with Crippen molar-refractivity contribution in [3.63, 3.8) is 0 Å². The van der Waals surface area contributed by atoms with Crippen LogP contribution in [0.3, 0.4) is 0 Å². The molecule has 1 saturated heterocycles. The van der Waals surface area contributed by atoms with Crippen LogP contribution in [0.4, 0.5) is 0 Å². The van der Waals surface area contributed by atoms with E-state index in [0.717, 1.165) is 42.8 Å². The Hall–Kier alpha value is -3.36. The number of hydrogen-bond acceptors (Lipinski definition) is 5. The number of allylic oxidation sites excluding steroid dienone is 8. The van der Waals surface area contributed by atoms with E-state index < -0.39 is 6.04 Å². The van der Waals surface area contributed by atoms with Crippen LogP contribution in [0.1, 0.15) is 73.1 Å². The molecule has 0 bridgehead atoms. The van der Waals surface area contributed by atoms with Crippen molar-refractivity contribution in [3.05, 3.63) is 97.6 Å². The van der Waals surface area contributed by atoms with Crippen molar-refractivity contribution >= 4 is 29.5 Å². The van der Waals surface area contributed by atoms with E-state index in [0.29, 0.717) is 6.42 Å². The maximum Gasteiger partial charge on any atom is 0.244 e. The summed E-state index contributed by atoms with van der Waals surface area (Å²) in [7, 11) is 0. The van der Waals surface area contributed by atoms with Crippen LogP contribution < -0.4 is 21.3 Å². The number of carbonyl (C=O) groups excluding carboxylic acids is 3. The topological polar surface area (TPSA) is 99.3 Å². The summed E-state index contributed by atoms with van der Waals surface area (Å²) in [6.45, 7) is 28.3. The molecule has 0 spiro atoms. The molecule has 0 radical (unpaired) electrons. The Morgan fingerprint density at radius 2 is 1.78 bits per heavy atom. The number of piperidine rings is 1. The maximum atomic E-state index is 12.8. The molecule has 7 nitrogen and oxygen atoms in total. The van der Waals surface area contributed by atoms with Gasteiger partial charge in [-0.3, -0.25) is 14.4 Å². The second kappa shape index (κ2) is 29.4. The molecule has 0 aromatic heterocycles. The van der Waals surface area contributed by atoms with Crippen LogP contribution in [-0.2, 0) is 14.4 Å². The van der Waals surface area contributed by atoms with E-state index in [-0.39, 0.29) is 36.2 Å². The molecule has 0 aromatic rings. The molecule has 2 heterocycles. The van der Waals surface area contributed by atoms with Gasteiger partial charge in [0.05, 0.1) is 6.67 Å². The number of hydrogen-bond donors (Lipinski definition) is 4. The van der Waals surface area contributed by atoms with E-state index in [1.165, 1.54) is 31.8 Å². The summed E-state index contributed by atoms with van der Waals surface area (Å²) < 4.78 is 0. The Morgan fingerprint density at radius 1 is 1.11 bits per heavy atom. The van der Waals surface area contributed by atoms with Crippen LogP contribution >= 0.6 is 11.8 Å². The largest absolute Gasteiger partial charge is 0.344 e. The molecular weight excluding hydrogens is 580 g/mol. The Labute approximate surface area is 278 Å². The van der Waals surface area contributed by atoms with Gasteiger partial charge in [-0.05, 0) is 75.1 Å². The van der Waals surface area contributed by atoms with Gasteiger partial charge in [-0.15, -0.1) is 31.5 Å². The molecule has 1 fully saturated rings. The molecule has 4 N–H and O–H groups in total. The summed E-state index contributed by atoms with van der Waals surface area (Å²) in [5, 5.41) is 13.6. The van der Waals surface area contributed by atoms with Crippen molar-refractivity contribution < 1.29 is 14.4 Å². The highest BCUT2D eigenvalue weighted by Crippen LogP contribution is 2.24. The summed E-state index contributed by atoms with van der Waals surface area (Å²) in [6.07, 6.45) is 19.7. The molecular formula is C37H60N4O3S. The first-order valence-corrected chi connectivity index (χ1v) is 16.9. The molecule has 45 heavy (non-hydrogen) atoms. The summed E-state index contributed by atoms with van der Waals surface area (Å²) >= 11 is 1.68. The standard InChI is InChI=1S/C21H32N4O3S.C8H12.C6H12.C2H4/c1-15-6-4-3-5-11-29-13-18(15)12-19(21(28)24-14-23-16(2)26)25-20(27)17-7-9-22-10-8-17;1-5-7(3)8(4)6-2;1-3-5-6-4-2;1-2/h3-6,13,15,17,19,22H,7-12,14H2,1-2H3,(H,23,26)(H,24,28)(H,25,27);5-6H,1,3H2,2,4H3;3H,1,4-6H2,2H3;1-2H2/b5-3-,6-4-,18-13-;8-6-;;/t15?,19-;;;/m1.../s1. The van der Waals surface area contributed by atoms with E-state index in [1.807, 2.05) is 38.2 Å². The zero-order valence-corrected chi connectivity index (χ0v) is 29.4. The molecule has 3 amide bonds. The van der Waals surface area contributed by atoms with Gasteiger partial charge in [0.1, 0.15) is 6.04 Å². The van der Waals surface area contributed by atoms with Crippen LogP contribution in [0, 0.1) is 11.8 Å². The van der Waals surface area contributed by atoms with Crippen molar-refractivity contribution in [2.45, 2.75) is 79.2 Å². The molecule has 0 aromatic carbocycles. The first-order chi connectivity index (χ1) is 21.6. The van der Waals surface area contributed by atoms with Gasteiger partial charge in [0.2, 0.25) is 17.7 Å². The Kier molecular flexibility index (Phi) is 28.6. The quantitative estimate of drug-likeness (QED) is 0.0776. The van der Waals surface area contributed by atoms with Gasteiger partial charge in [-0.1, -0.05) is 88.0 Å². The van der Waals surface area contributed by atoms with Crippen molar-refractivity contribution in [1.29, 1.82) is 0 Å². The average molecular weight is 641 g/mol. The monoisotopic (exact) mass is 640 g/mol. The molecule has 1 unspecified atom stereocenters. The van der Waals surface area contributed by atoms with E-state index in [2.05, 4.69) is 85.6 Å². The fourth-order valence-corrected chi connectivity index (χ4v) is 4.78. The predicted molar refractivity (Wildman–Crippen MR) is 197 cm³/mol. The fourth-order valence-electron chi connectivity index (χ4n) is 3.93. The van der Waals surface area contributed by atoms with Gasteiger partial charge in [0.15, 0.2) is 0 Å². The second-order valence-corrected chi connectivity index (χ2v) is 11.4. The Bertz CT molecular complexity index is 1020. The van der Waals surface area contributed by atoms with E-state index in [4.69, 9.17) is 0 Å². The van der Waals surface area contributed by atoms with Gasteiger partial charge in [0, 0.05) is 18.6 Å². The molecule has 0 saturated carbocycles. The van der Waals surface area contributed by atoms with Crippen molar-refractivity contribution in [2.75, 3.05) is 25.5 Å². The minimum atomic E-state index is -0.678. The van der Waals surface area contributed by atoms with Crippen molar-refractivity contribution in [3.8, 4) is 0 Å². The fraction of sp³-hybridized carbons (Fsp3) is 0.486. The van der Waals surface area contributed by atoms with Crippen LogP contribution in [-0.4, -0.2) is 49.3 Å². The zero-order chi connectivity index (χ0) is 34.5. The van der Waals surface area contributed by atoms with Gasteiger partial charge in [-0.2, -0.15) is 0 Å². The summed E-state index contributed by atoms with van der Waals surface area (Å²) in [5.41, 5.74) is 3.30. The van der Waals surface area contributed by atoms with Crippen molar-refractivity contribution in [2.24, 2.45) is 11.8 Å². The SMILES string of the molecule is C=C.C=CC(=C)/C(C)=C\C.C=CCCCC.CC(=O)NCNC(=O)[C@@H](C/C1=C/SC/C=C\C=C/C1C)NC(=O)C1CCNCC1. The molecule has 252 valence electrons. The third-order valence-corrected chi connectivity index (χ3v) is 7.84. The maximum absolute atomic E-state index is 12.8. The number of rotatable bonds is 12. The third kappa shape index (κ3) is 22.8. The lowest BCUT2D eigenvalue weighted by Gasteiger charge is -2.26. The normalized spacial score (nSPS) is 19.4. The zero-order valence-electron chi connectivity index (χ0n) is 28.6. The first-order valence-electron chi connectivity index (χ1n) is 15.8. The number of carbonyl (C=O) groups is 3.